The lowest BCUT2D eigenvalue weighted by atomic mass is 9.97. The van der Waals surface area contributed by atoms with E-state index in [4.69, 9.17) is 24.4 Å². The van der Waals surface area contributed by atoms with Gasteiger partial charge in [0.2, 0.25) is 0 Å². The molecule has 0 aromatic carbocycles. The molecular weight excluding hydrogens is 332 g/mol. The molecule has 0 aliphatic carbocycles. The first-order valence-corrected chi connectivity index (χ1v) is 8.83. The van der Waals surface area contributed by atoms with Crippen molar-refractivity contribution in [2.24, 2.45) is 23.7 Å². The van der Waals surface area contributed by atoms with Gasteiger partial charge < -0.3 is 39.7 Å². The number of aliphatic hydroxyl groups excluding tert-OH is 5. The quantitative estimate of drug-likeness (QED) is 0.218. The zero-order valence-corrected chi connectivity index (χ0v) is 15.4. The molecule has 0 heterocycles. The Morgan fingerprint density at radius 1 is 0.640 bits per heavy atom. The highest BCUT2D eigenvalue weighted by Gasteiger charge is 2.19. The normalized spacial score (nSPS) is 17.9. The van der Waals surface area contributed by atoms with Gasteiger partial charge in [0, 0.05) is 37.6 Å². The van der Waals surface area contributed by atoms with Crippen LogP contribution in [-0.2, 0) is 14.2 Å². The fraction of sp³-hybridized carbons (Fsp3) is 1.00. The molecule has 5 unspecified atom stereocenters. The van der Waals surface area contributed by atoms with Gasteiger partial charge in [0.15, 0.2) is 0 Å². The van der Waals surface area contributed by atoms with E-state index < -0.39 is 6.10 Å². The van der Waals surface area contributed by atoms with Crippen LogP contribution in [0.15, 0.2) is 0 Å². The van der Waals surface area contributed by atoms with Gasteiger partial charge in [-0.3, -0.25) is 0 Å². The van der Waals surface area contributed by atoms with Gasteiger partial charge in [0.05, 0.1) is 46.2 Å². The van der Waals surface area contributed by atoms with Crippen LogP contribution in [0, 0.1) is 23.7 Å². The Kier molecular flexibility index (Phi) is 15.7. The highest BCUT2D eigenvalue weighted by molar-refractivity contribution is 4.66. The summed E-state index contributed by atoms with van der Waals surface area (Å²) in [5, 5.41) is 46.0. The molecule has 0 rings (SSSR count). The Morgan fingerprint density at radius 3 is 1.76 bits per heavy atom. The van der Waals surface area contributed by atoms with Crippen molar-refractivity contribution in [3.8, 4) is 0 Å². The van der Waals surface area contributed by atoms with Crippen molar-refractivity contribution in [1.29, 1.82) is 0 Å². The van der Waals surface area contributed by atoms with E-state index in [0.29, 0.717) is 13.2 Å². The molecule has 0 aliphatic heterocycles. The summed E-state index contributed by atoms with van der Waals surface area (Å²) in [6.07, 6.45) is -0.533. The van der Waals surface area contributed by atoms with E-state index >= 15 is 0 Å². The molecule has 152 valence electrons. The van der Waals surface area contributed by atoms with Crippen molar-refractivity contribution in [3.63, 3.8) is 0 Å². The first-order chi connectivity index (χ1) is 12.0. The summed E-state index contributed by atoms with van der Waals surface area (Å²) in [5.74, 6) is -0.438. The molecule has 8 heteroatoms. The molecule has 25 heavy (non-hydrogen) atoms. The van der Waals surface area contributed by atoms with Crippen LogP contribution in [0.1, 0.15) is 13.8 Å². The second kappa shape index (κ2) is 15.9. The van der Waals surface area contributed by atoms with Crippen LogP contribution in [0.25, 0.3) is 0 Å². The molecule has 5 N–H and O–H groups in total. The topological polar surface area (TPSA) is 129 Å². The third-order valence-electron chi connectivity index (χ3n) is 4.06. The largest absolute Gasteiger partial charge is 0.396 e. The maximum absolute atomic E-state index is 9.34. The van der Waals surface area contributed by atoms with Gasteiger partial charge in [0.1, 0.15) is 6.10 Å². The van der Waals surface area contributed by atoms with E-state index in [1.54, 1.807) is 0 Å². The second-order valence-corrected chi connectivity index (χ2v) is 6.65. The van der Waals surface area contributed by atoms with Gasteiger partial charge in [-0.05, 0) is 5.92 Å². The Morgan fingerprint density at radius 2 is 1.28 bits per heavy atom. The van der Waals surface area contributed by atoms with Gasteiger partial charge in [-0.2, -0.15) is 0 Å². The fourth-order valence-corrected chi connectivity index (χ4v) is 1.97. The molecule has 0 aromatic heterocycles. The van der Waals surface area contributed by atoms with Crippen LogP contribution in [0.3, 0.4) is 0 Å². The van der Waals surface area contributed by atoms with Crippen molar-refractivity contribution >= 4 is 0 Å². The molecule has 8 nitrogen and oxygen atoms in total. The minimum Gasteiger partial charge on any atom is -0.396 e. The molecular formula is C17H36O8. The molecule has 0 aromatic rings. The Bertz CT molecular complexity index is 292. The van der Waals surface area contributed by atoms with Crippen molar-refractivity contribution in [3.05, 3.63) is 0 Å². The molecule has 5 atom stereocenters. The van der Waals surface area contributed by atoms with Crippen molar-refractivity contribution < 1.29 is 39.7 Å². The van der Waals surface area contributed by atoms with Gasteiger partial charge >= 0.3 is 0 Å². The summed E-state index contributed by atoms with van der Waals surface area (Å²) < 4.78 is 16.5. The molecule has 0 aliphatic rings. The minimum absolute atomic E-state index is 0.0397. The third-order valence-corrected chi connectivity index (χ3v) is 4.06. The summed E-state index contributed by atoms with van der Waals surface area (Å²) >= 11 is 0. The highest BCUT2D eigenvalue weighted by Crippen LogP contribution is 2.12. The van der Waals surface area contributed by atoms with Crippen LogP contribution in [0.2, 0.25) is 0 Å². The van der Waals surface area contributed by atoms with Gasteiger partial charge in [-0.25, -0.2) is 0 Å². The van der Waals surface area contributed by atoms with Gasteiger partial charge in [0.25, 0.3) is 0 Å². The van der Waals surface area contributed by atoms with E-state index in [1.165, 1.54) is 0 Å². The Balaban J connectivity index is 4.03. The second-order valence-electron chi connectivity index (χ2n) is 6.65. The van der Waals surface area contributed by atoms with Crippen LogP contribution in [0.4, 0.5) is 0 Å². The number of aliphatic hydroxyl groups is 5. The number of ether oxygens (including phenoxy) is 3. The molecule has 0 radical (unpaired) electrons. The van der Waals surface area contributed by atoms with Gasteiger partial charge in [-0.1, -0.05) is 13.8 Å². The Labute approximate surface area is 150 Å². The van der Waals surface area contributed by atoms with Crippen LogP contribution in [-0.4, -0.2) is 97.7 Å². The lowest BCUT2D eigenvalue weighted by molar-refractivity contribution is -0.0776. The maximum atomic E-state index is 9.34. The molecule has 0 saturated heterocycles. The molecule has 0 spiro atoms. The minimum atomic E-state index is -0.533. The first-order valence-electron chi connectivity index (χ1n) is 8.83. The highest BCUT2D eigenvalue weighted by atomic mass is 16.5. The number of hydrogen-bond acceptors (Lipinski definition) is 8. The van der Waals surface area contributed by atoms with Crippen molar-refractivity contribution in [2.45, 2.75) is 20.0 Å². The monoisotopic (exact) mass is 368 g/mol. The summed E-state index contributed by atoms with van der Waals surface area (Å²) in [4.78, 5) is 0. The predicted octanol–water partition coefficient (Wildman–Crippen LogP) is -1.13. The SMILES string of the molecule is CC(CO)COCC(CO)COCC(CO)OCC(CO)C(C)CO. The van der Waals surface area contributed by atoms with Gasteiger partial charge in [-0.15, -0.1) is 0 Å². The lowest BCUT2D eigenvalue weighted by Gasteiger charge is -2.24. The Hall–Kier alpha value is -0.320. The average Bonchev–Trinajstić information content (AvgIpc) is 2.64. The standard InChI is InChI=1S/C17H36O8/c1-13(3-18)8-23-9-15(5-20)10-24-12-17(7-22)25-11-16(6-21)14(2)4-19/h13-22H,3-12H2,1-2H3. The zero-order chi connectivity index (χ0) is 19.1. The van der Waals surface area contributed by atoms with E-state index in [2.05, 4.69) is 0 Å². The van der Waals surface area contributed by atoms with Crippen molar-refractivity contribution in [1.82, 2.24) is 0 Å². The zero-order valence-electron chi connectivity index (χ0n) is 15.4. The molecule has 0 saturated carbocycles. The summed E-state index contributed by atoms with van der Waals surface area (Å²) in [7, 11) is 0. The van der Waals surface area contributed by atoms with E-state index in [0.717, 1.165) is 0 Å². The molecule has 0 fully saturated rings. The maximum Gasteiger partial charge on any atom is 0.104 e. The van der Waals surface area contributed by atoms with E-state index in [1.807, 2.05) is 13.8 Å². The summed E-state index contributed by atoms with van der Waals surface area (Å²) in [6.45, 7) is 4.68. The third kappa shape index (κ3) is 11.8. The average molecular weight is 368 g/mol. The number of rotatable bonds is 17. The number of hydrogen-bond donors (Lipinski definition) is 5. The molecule has 0 bridgehead atoms. The fourth-order valence-electron chi connectivity index (χ4n) is 1.97. The van der Waals surface area contributed by atoms with E-state index in [-0.39, 0.29) is 76.5 Å². The first kappa shape index (κ1) is 24.7. The van der Waals surface area contributed by atoms with Crippen LogP contribution >= 0.6 is 0 Å². The summed E-state index contributed by atoms with van der Waals surface area (Å²) in [5.41, 5.74) is 0. The smallest absolute Gasteiger partial charge is 0.104 e. The van der Waals surface area contributed by atoms with Crippen LogP contribution in [0.5, 0.6) is 0 Å². The summed E-state index contributed by atoms with van der Waals surface area (Å²) in [6, 6.07) is 0. The van der Waals surface area contributed by atoms with E-state index in [9.17, 15) is 15.3 Å². The van der Waals surface area contributed by atoms with Crippen molar-refractivity contribution in [2.75, 3.05) is 66.1 Å². The molecule has 0 amide bonds. The lowest BCUT2D eigenvalue weighted by Crippen LogP contribution is -2.32. The predicted molar refractivity (Wildman–Crippen MR) is 92.1 cm³/mol. The van der Waals surface area contributed by atoms with Crippen LogP contribution < -0.4 is 0 Å².